The van der Waals surface area contributed by atoms with Crippen molar-refractivity contribution in [3.05, 3.63) is 28.2 Å². The van der Waals surface area contributed by atoms with Crippen molar-refractivity contribution in [3.63, 3.8) is 0 Å². The monoisotopic (exact) mass is 369 g/mol. The topological polar surface area (TPSA) is 66.6 Å². The Balaban J connectivity index is 1.77. The number of benzene rings is 1. The van der Waals surface area contributed by atoms with Gasteiger partial charge in [0.05, 0.1) is 10.7 Å². The number of hydrogen-bond acceptors (Lipinski definition) is 3. The van der Waals surface area contributed by atoms with Gasteiger partial charge in [-0.15, -0.1) is 0 Å². The zero-order valence-corrected chi connectivity index (χ0v) is 15.1. The van der Waals surface area contributed by atoms with Crippen molar-refractivity contribution in [3.8, 4) is 0 Å². The van der Waals surface area contributed by atoms with Crippen molar-refractivity contribution in [2.75, 3.05) is 24.5 Å². The molecule has 3 unspecified atom stereocenters. The van der Waals surface area contributed by atoms with Gasteiger partial charge < -0.3 is 15.5 Å². The number of hydrogen-bond donors (Lipinski definition) is 1. The number of nitrogens with zero attached hydrogens (tertiary/aromatic N) is 2. The first-order valence-corrected chi connectivity index (χ1v) is 8.95. The number of nitrogens with two attached hydrogens (primary N) is 1. The molecular weight excluding hydrogens is 349 g/mol. The van der Waals surface area contributed by atoms with Crippen LogP contribution in [-0.4, -0.2) is 42.4 Å². The van der Waals surface area contributed by atoms with Gasteiger partial charge in [0.15, 0.2) is 0 Å². The van der Waals surface area contributed by atoms with E-state index in [2.05, 4.69) is 0 Å². The van der Waals surface area contributed by atoms with Gasteiger partial charge in [0.1, 0.15) is 5.92 Å². The third-order valence-corrected chi connectivity index (χ3v) is 5.54. The SMILES string of the molecule is CC1CC(CN)CN1C(=O)C1CCN(c2cc(Cl)ccc2Cl)C1=O. The molecule has 2 amide bonds. The van der Waals surface area contributed by atoms with E-state index in [4.69, 9.17) is 28.9 Å². The molecule has 0 saturated carbocycles. The van der Waals surface area contributed by atoms with E-state index in [1.807, 2.05) is 11.8 Å². The first-order valence-electron chi connectivity index (χ1n) is 8.19. The summed E-state index contributed by atoms with van der Waals surface area (Å²) in [5, 5.41) is 0.967. The Morgan fingerprint density at radius 1 is 1.38 bits per heavy atom. The van der Waals surface area contributed by atoms with Gasteiger partial charge in [-0.05, 0) is 50.4 Å². The smallest absolute Gasteiger partial charge is 0.239 e. The number of anilines is 1. The Morgan fingerprint density at radius 2 is 2.12 bits per heavy atom. The summed E-state index contributed by atoms with van der Waals surface area (Å²) in [7, 11) is 0. The minimum atomic E-state index is -0.640. The third-order valence-electron chi connectivity index (χ3n) is 4.98. The summed E-state index contributed by atoms with van der Waals surface area (Å²) in [4.78, 5) is 29.0. The van der Waals surface area contributed by atoms with E-state index in [1.54, 1.807) is 23.1 Å². The Labute approximate surface area is 151 Å². The van der Waals surface area contributed by atoms with E-state index >= 15 is 0 Å². The molecule has 2 fully saturated rings. The Bertz CT molecular complexity index is 667. The van der Waals surface area contributed by atoms with Crippen LogP contribution in [0.5, 0.6) is 0 Å². The fourth-order valence-electron chi connectivity index (χ4n) is 3.66. The van der Waals surface area contributed by atoms with Crippen LogP contribution in [0.2, 0.25) is 10.0 Å². The first kappa shape index (κ1) is 17.5. The molecule has 1 aromatic rings. The highest BCUT2D eigenvalue weighted by Crippen LogP contribution is 2.35. The molecule has 2 heterocycles. The van der Waals surface area contributed by atoms with Crippen molar-refractivity contribution in [1.29, 1.82) is 0 Å². The number of rotatable bonds is 3. The number of halogens is 2. The van der Waals surface area contributed by atoms with Crippen LogP contribution in [0.25, 0.3) is 0 Å². The summed E-state index contributed by atoms with van der Waals surface area (Å²) in [6.07, 6.45) is 1.39. The largest absolute Gasteiger partial charge is 0.339 e. The first-order chi connectivity index (χ1) is 11.4. The Kier molecular flexibility index (Phi) is 5.04. The average Bonchev–Trinajstić information content (AvgIpc) is 3.12. The van der Waals surface area contributed by atoms with E-state index in [-0.39, 0.29) is 17.9 Å². The fourth-order valence-corrected chi connectivity index (χ4v) is 4.05. The normalized spacial score (nSPS) is 27.2. The van der Waals surface area contributed by atoms with Crippen molar-refractivity contribution in [2.24, 2.45) is 17.6 Å². The van der Waals surface area contributed by atoms with E-state index in [0.29, 0.717) is 47.7 Å². The molecule has 2 aliphatic rings. The summed E-state index contributed by atoms with van der Waals surface area (Å²) < 4.78 is 0. The lowest BCUT2D eigenvalue weighted by Crippen LogP contribution is -2.42. The lowest BCUT2D eigenvalue weighted by atomic mass is 10.1. The predicted molar refractivity (Wildman–Crippen MR) is 95.3 cm³/mol. The summed E-state index contributed by atoms with van der Waals surface area (Å²) in [6.45, 7) is 3.69. The predicted octanol–water partition coefficient (Wildman–Crippen LogP) is 2.54. The minimum absolute atomic E-state index is 0.0934. The molecule has 3 atom stereocenters. The van der Waals surface area contributed by atoms with Gasteiger partial charge in [0.25, 0.3) is 0 Å². The average molecular weight is 370 g/mol. The van der Waals surface area contributed by atoms with E-state index in [9.17, 15) is 9.59 Å². The molecule has 0 radical (unpaired) electrons. The van der Waals surface area contributed by atoms with Gasteiger partial charge in [-0.25, -0.2) is 0 Å². The number of carbonyl (C=O) groups excluding carboxylic acids is 2. The molecular formula is C17H21Cl2N3O2. The molecule has 24 heavy (non-hydrogen) atoms. The maximum atomic E-state index is 12.8. The Hall–Kier alpha value is -1.30. The molecule has 3 rings (SSSR count). The number of likely N-dealkylation sites (tertiary alicyclic amines) is 1. The highest BCUT2D eigenvalue weighted by Gasteiger charge is 2.43. The lowest BCUT2D eigenvalue weighted by molar-refractivity contribution is -0.140. The molecule has 0 aromatic heterocycles. The summed E-state index contributed by atoms with van der Waals surface area (Å²) in [6, 6.07) is 5.13. The molecule has 0 spiro atoms. The van der Waals surface area contributed by atoms with E-state index in [0.717, 1.165) is 6.42 Å². The minimum Gasteiger partial charge on any atom is -0.339 e. The highest BCUT2D eigenvalue weighted by atomic mass is 35.5. The van der Waals surface area contributed by atoms with Gasteiger partial charge in [0.2, 0.25) is 11.8 Å². The maximum absolute atomic E-state index is 12.8. The number of amides is 2. The molecule has 5 nitrogen and oxygen atoms in total. The van der Waals surface area contributed by atoms with Gasteiger partial charge in [-0.2, -0.15) is 0 Å². The fraction of sp³-hybridized carbons (Fsp3) is 0.529. The molecule has 2 saturated heterocycles. The zero-order chi connectivity index (χ0) is 17.4. The van der Waals surface area contributed by atoms with Crippen LogP contribution < -0.4 is 10.6 Å². The molecule has 0 aliphatic carbocycles. The van der Waals surface area contributed by atoms with Crippen molar-refractivity contribution in [1.82, 2.24) is 4.90 Å². The van der Waals surface area contributed by atoms with Crippen molar-refractivity contribution in [2.45, 2.75) is 25.8 Å². The molecule has 2 N–H and O–H groups in total. The standard InChI is InChI=1S/C17H21Cl2N3O2/c1-10-6-11(8-20)9-22(10)17(24)13-4-5-21(16(13)23)15-7-12(18)2-3-14(15)19/h2-3,7,10-11,13H,4-6,8-9,20H2,1H3. The molecule has 0 bridgehead atoms. The second-order valence-electron chi connectivity index (χ2n) is 6.60. The third kappa shape index (κ3) is 3.13. The second-order valence-corrected chi connectivity index (χ2v) is 7.45. The van der Waals surface area contributed by atoms with Crippen molar-refractivity contribution >= 4 is 40.7 Å². The van der Waals surface area contributed by atoms with Gasteiger partial charge in [-0.3, -0.25) is 9.59 Å². The molecule has 130 valence electrons. The summed E-state index contributed by atoms with van der Waals surface area (Å²) >= 11 is 12.2. The lowest BCUT2D eigenvalue weighted by Gasteiger charge is -2.25. The van der Waals surface area contributed by atoms with E-state index in [1.165, 1.54) is 0 Å². The second kappa shape index (κ2) is 6.90. The van der Waals surface area contributed by atoms with Crippen LogP contribution in [0, 0.1) is 11.8 Å². The number of carbonyl (C=O) groups is 2. The molecule has 2 aliphatic heterocycles. The summed E-state index contributed by atoms with van der Waals surface area (Å²) in [5.74, 6) is -0.616. The van der Waals surface area contributed by atoms with Gasteiger partial charge in [-0.1, -0.05) is 23.2 Å². The summed E-state index contributed by atoms with van der Waals surface area (Å²) in [5.41, 5.74) is 6.30. The molecule has 1 aromatic carbocycles. The van der Waals surface area contributed by atoms with Crippen molar-refractivity contribution < 1.29 is 9.59 Å². The zero-order valence-electron chi connectivity index (χ0n) is 13.5. The van der Waals surface area contributed by atoms with Crippen LogP contribution in [0.4, 0.5) is 5.69 Å². The van der Waals surface area contributed by atoms with Gasteiger partial charge in [0, 0.05) is 24.2 Å². The van der Waals surface area contributed by atoms with E-state index < -0.39 is 5.92 Å². The van der Waals surface area contributed by atoms with Crippen LogP contribution in [0.15, 0.2) is 18.2 Å². The quantitative estimate of drug-likeness (QED) is 0.832. The highest BCUT2D eigenvalue weighted by molar-refractivity contribution is 6.36. The van der Waals surface area contributed by atoms with Crippen LogP contribution in [-0.2, 0) is 9.59 Å². The van der Waals surface area contributed by atoms with Crippen LogP contribution in [0.1, 0.15) is 19.8 Å². The van der Waals surface area contributed by atoms with Crippen LogP contribution >= 0.6 is 23.2 Å². The molecule has 7 heteroatoms. The van der Waals surface area contributed by atoms with Gasteiger partial charge >= 0.3 is 0 Å². The maximum Gasteiger partial charge on any atom is 0.239 e. The van der Waals surface area contributed by atoms with Crippen LogP contribution in [0.3, 0.4) is 0 Å². The Morgan fingerprint density at radius 3 is 2.79 bits per heavy atom.